The highest BCUT2D eigenvalue weighted by molar-refractivity contribution is 5.98. The minimum absolute atomic E-state index is 0.149. The van der Waals surface area contributed by atoms with E-state index in [4.69, 9.17) is 0 Å². The van der Waals surface area contributed by atoms with E-state index in [0.717, 1.165) is 25.2 Å². The van der Waals surface area contributed by atoms with Gasteiger partial charge in [-0.15, -0.1) is 0 Å². The third-order valence-corrected chi connectivity index (χ3v) is 4.01. The van der Waals surface area contributed by atoms with Gasteiger partial charge in [-0.25, -0.2) is 0 Å². The van der Waals surface area contributed by atoms with Crippen molar-refractivity contribution in [3.05, 3.63) is 47.6 Å². The molecule has 3 rings (SSSR count). The monoisotopic (exact) mass is 242 g/mol. The summed E-state index contributed by atoms with van der Waals surface area (Å²) in [5.41, 5.74) is 2.05. The molecule has 0 aromatic carbocycles. The molecule has 1 amide bonds. The third kappa shape index (κ3) is 1.85. The van der Waals surface area contributed by atoms with E-state index in [9.17, 15) is 4.79 Å². The molecule has 94 valence electrons. The third-order valence-electron chi connectivity index (χ3n) is 4.01. The van der Waals surface area contributed by atoms with Crippen molar-refractivity contribution in [2.75, 3.05) is 26.7 Å². The van der Waals surface area contributed by atoms with E-state index in [0.29, 0.717) is 11.8 Å². The van der Waals surface area contributed by atoms with Crippen LogP contribution >= 0.6 is 0 Å². The van der Waals surface area contributed by atoms with Crippen molar-refractivity contribution in [1.82, 2.24) is 10.2 Å². The van der Waals surface area contributed by atoms with Gasteiger partial charge in [-0.3, -0.25) is 4.79 Å². The first-order valence-corrected chi connectivity index (χ1v) is 6.49. The summed E-state index contributed by atoms with van der Waals surface area (Å²) in [6, 6.07) is 0. The maximum absolute atomic E-state index is 12.4. The second-order valence-corrected chi connectivity index (χ2v) is 5.18. The van der Waals surface area contributed by atoms with Crippen LogP contribution in [0.5, 0.6) is 0 Å². The molecule has 0 spiro atoms. The standard InChI is InChI=1S/C15H18N2O/c1-17-10-11-8-16-9-14(11)12-6-4-2-3-5-7-13(12)15(17)18/h2-7,11,14,16H,8-10H2,1H3. The summed E-state index contributed by atoms with van der Waals surface area (Å²) >= 11 is 0. The molecule has 1 aliphatic carbocycles. The van der Waals surface area contributed by atoms with Gasteiger partial charge in [-0.05, 0) is 17.6 Å². The Bertz CT molecular complexity index is 485. The van der Waals surface area contributed by atoms with Gasteiger partial charge in [-0.1, -0.05) is 30.4 Å². The van der Waals surface area contributed by atoms with Crippen LogP contribution in [0.2, 0.25) is 0 Å². The van der Waals surface area contributed by atoms with Crippen LogP contribution in [0.15, 0.2) is 47.6 Å². The lowest BCUT2D eigenvalue weighted by Gasteiger charge is -2.19. The fraction of sp³-hybridized carbons (Fsp3) is 0.400. The van der Waals surface area contributed by atoms with Gasteiger partial charge < -0.3 is 10.2 Å². The Hall–Kier alpha value is -1.61. The van der Waals surface area contributed by atoms with Crippen LogP contribution in [0.25, 0.3) is 0 Å². The molecule has 0 aromatic heterocycles. The lowest BCUT2D eigenvalue weighted by atomic mass is 9.85. The minimum atomic E-state index is 0.149. The molecule has 2 heterocycles. The molecule has 3 heteroatoms. The van der Waals surface area contributed by atoms with Crippen molar-refractivity contribution >= 4 is 5.91 Å². The highest BCUT2D eigenvalue weighted by atomic mass is 16.2. The number of hydrogen-bond acceptors (Lipinski definition) is 2. The number of carbonyl (C=O) groups is 1. The Morgan fingerprint density at radius 2 is 1.94 bits per heavy atom. The minimum Gasteiger partial charge on any atom is -0.341 e. The number of carbonyl (C=O) groups excluding carboxylic acids is 1. The van der Waals surface area contributed by atoms with Gasteiger partial charge in [0.05, 0.1) is 0 Å². The zero-order chi connectivity index (χ0) is 12.5. The van der Waals surface area contributed by atoms with Crippen molar-refractivity contribution in [1.29, 1.82) is 0 Å². The predicted molar refractivity (Wildman–Crippen MR) is 71.9 cm³/mol. The molecule has 2 unspecified atom stereocenters. The Labute approximate surface area is 108 Å². The summed E-state index contributed by atoms with van der Waals surface area (Å²) in [5, 5.41) is 3.45. The van der Waals surface area contributed by atoms with E-state index in [1.165, 1.54) is 5.57 Å². The van der Waals surface area contributed by atoms with E-state index in [1.807, 2.05) is 42.3 Å². The van der Waals surface area contributed by atoms with E-state index >= 15 is 0 Å². The highest BCUT2D eigenvalue weighted by Gasteiger charge is 2.38. The summed E-state index contributed by atoms with van der Waals surface area (Å²) in [5.74, 6) is 1.14. The summed E-state index contributed by atoms with van der Waals surface area (Å²) in [6.07, 6.45) is 12.0. The zero-order valence-electron chi connectivity index (χ0n) is 10.6. The molecule has 2 fully saturated rings. The number of nitrogens with zero attached hydrogens (tertiary/aromatic N) is 1. The summed E-state index contributed by atoms with van der Waals surface area (Å²) in [7, 11) is 1.90. The van der Waals surface area contributed by atoms with Crippen molar-refractivity contribution < 1.29 is 4.79 Å². The summed E-state index contributed by atoms with van der Waals surface area (Å²) in [6.45, 7) is 2.83. The molecule has 1 N–H and O–H groups in total. The van der Waals surface area contributed by atoms with Crippen LogP contribution < -0.4 is 5.32 Å². The number of hydrogen-bond donors (Lipinski definition) is 1. The highest BCUT2D eigenvalue weighted by Crippen LogP contribution is 2.34. The number of nitrogens with one attached hydrogen (secondary N) is 1. The molecule has 0 bridgehead atoms. The van der Waals surface area contributed by atoms with Crippen molar-refractivity contribution in [3.8, 4) is 0 Å². The average molecular weight is 242 g/mol. The first-order valence-electron chi connectivity index (χ1n) is 6.49. The van der Waals surface area contributed by atoms with E-state index in [1.54, 1.807) is 0 Å². The Balaban J connectivity index is 2.09. The van der Waals surface area contributed by atoms with Crippen LogP contribution in [0, 0.1) is 11.8 Å². The Kier molecular flexibility index (Phi) is 2.92. The number of fused-ring (bicyclic) bond motifs is 3. The molecule has 3 aliphatic rings. The maximum atomic E-state index is 12.4. The largest absolute Gasteiger partial charge is 0.341 e. The van der Waals surface area contributed by atoms with Gasteiger partial charge in [0.1, 0.15) is 0 Å². The molecular weight excluding hydrogens is 224 g/mol. The van der Waals surface area contributed by atoms with Gasteiger partial charge in [0.2, 0.25) is 0 Å². The topological polar surface area (TPSA) is 32.3 Å². The van der Waals surface area contributed by atoms with Crippen molar-refractivity contribution in [2.24, 2.45) is 11.8 Å². The van der Waals surface area contributed by atoms with Crippen LogP contribution in [-0.4, -0.2) is 37.5 Å². The summed E-state index contributed by atoms with van der Waals surface area (Å²) in [4.78, 5) is 14.3. The molecular formula is C15H18N2O. The van der Waals surface area contributed by atoms with Crippen LogP contribution in [0.4, 0.5) is 0 Å². The zero-order valence-corrected chi connectivity index (χ0v) is 10.6. The van der Waals surface area contributed by atoms with E-state index in [2.05, 4.69) is 11.4 Å². The first kappa shape index (κ1) is 11.5. The predicted octanol–water partition coefficient (Wildman–Crippen LogP) is 1.27. The fourth-order valence-corrected chi connectivity index (χ4v) is 3.07. The van der Waals surface area contributed by atoms with E-state index in [-0.39, 0.29) is 5.91 Å². The quantitative estimate of drug-likeness (QED) is 0.694. The smallest absolute Gasteiger partial charge is 0.253 e. The molecule has 2 aliphatic heterocycles. The van der Waals surface area contributed by atoms with Crippen LogP contribution in [0.3, 0.4) is 0 Å². The second kappa shape index (κ2) is 4.58. The molecule has 2 saturated heterocycles. The van der Waals surface area contributed by atoms with Gasteiger partial charge in [0.15, 0.2) is 0 Å². The van der Waals surface area contributed by atoms with Crippen molar-refractivity contribution in [2.45, 2.75) is 0 Å². The molecule has 0 saturated carbocycles. The van der Waals surface area contributed by atoms with Crippen LogP contribution in [-0.2, 0) is 4.79 Å². The molecule has 18 heavy (non-hydrogen) atoms. The van der Waals surface area contributed by atoms with Gasteiger partial charge in [-0.2, -0.15) is 0 Å². The molecule has 2 atom stereocenters. The number of rotatable bonds is 0. The molecule has 0 radical (unpaired) electrons. The second-order valence-electron chi connectivity index (χ2n) is 5.18. The normalized spacial score (nSPS) is 30.9. The maximum Gasteiger partial charge on any atom is 0.253 e. The van der Waals surface area contributed by atoms with E-state index < -0.39 is 0 Å². The van der Waals surface area contributed by atoms with Gasteiger partial charge in [0, 0.05) is 38.2 Å². The summed E-state index contributed by atoms with van der Waals surface area (Å²) < 4.78 is 0. The molecule has 0 aromatic rings. The number of allylic oxidation sites excluding steroid dienone is 6. The Morgan fingerprint density at radius 1 is 1.17 bits per heavy atom. The van der Waals surface area contributed by atoms with Crippen molar-refractivity contribution in [3.63, 3.8) is 0 Å². The first-order chi connectivity index (χ1) is 8.77. The number of amides is 1. The van der Waals surface area contributed by atoms with Gasteiger partial charge >= 0.3 is 0 Å². The fourth-order valence-electron chi connectivity index (χ4n) is 3.07. The molecule has 3 nitrogen and oxygen atoms in total. The van der Waals surface area contributed by atoms with Crippen LogP contribution in [0.1, 0.15) is 0 Å². The Morgan fingerprint density at radius 3 is 2.78 bits per heavy atom. The lowest BCUT2D eigenvalue weighted by molar-refractivity contribution is -0.125. The number of likely N-dealkylation sites (tertiary alicyclic amines) is 1. The lowest BCUT2D eigenvalue weighted by Crippen LogP contribution is -2.31. The average Bonchev–Trinajstić information content (AvgIpc) is 2.73. The number of likely N-dealkylation sites (N-methyl/N-ethyl adjacent to an activating group) is 1. The van der Waals surface area contributed by atoms with Gasteiger partial charge in [0.25, 0.3) is 5.91 Å². The SMILES string of the molecule is CN1CC2CNCC2C2=CC=CC=CC=C2C1=O.